The van der Waals surface area contributed by atoms with E-state index in [9.17, 15) is 18.4 Å². The van der Waals surface area contributed by atoms with Gasteiger partial charge >= 0.3 is 0 Å². The van der Waals surface area contributed by atoms with Crippen LogP contribution in [0.25, 0.3) is 0 Å². The quantitative estimate of drug-likeness (QED) is 0.763. The highest BCUT2D eigenvalue weighted by Gasteiger charge is 2.28. The third-order valence-corrected chi connectivity index (χ3v) is 5.88. The standard InChI is InChI=1S/C21H28F2N2O2/c22-17-7-8-18(19(23)14-17)21(27)25-12-9-16(10-13-25)20(26)24-11-3-6-15-4-1-2-5-15/h7-8,14-16H,1-6,9-13H2,(H,24,26). The average Bonchev–Trinajstić information content (AvgIpc) is 3.18. The van der Waals surface area contributed by atoms with Crippen molar-refractivity contribution in [1.82, 2.24) is 10.2 Å². The second kappa shape index (κ2) is 9.29. The van der Waals surface area contributed by atoms with Crippen LogP contribution in [-0.2, 0) is 4.79 Å². The van der Waals surface area contributed by atoms with E-state index in [2.05, 4.69) is 5.32 Å². The van der Waals surface area contributed by atoms with E-state index in [-0.39, 0.29) is 17.4 Å². The average molecular weight is 378 g/mol. The maximum Gasteiger partial charge on any atom is 0.256 e. The van der Waals surface area contributed by atoms with Crippen LogP contribution in [0.1, 0.15) is 61.7 Å². The van der Waals surface area contributed by atoms with Gasteiger partial charge in [0.05, 0.1) is 5.56 Å². The van der Waals surface area contributed by atoms with Crippen molar-refractivity contribution in [1.29, 1.82) is 0 Å². The number of nitrogens with one attached hydrogen (secondary N) is 1. The van der Waals surface area contributed by atoms with Crippen LogP contribution in [0.5, 0.6) is 0 Å². The van der Waals surface area contributed by atoms with Crippen molar-refractivity contribution in [2.24, 2.45) is 11.8 Å². The van der Waals surface area contributed by atoms with Crippen LogP contribution >= 0.6 is 0 Å². The molecule has 2 amide bonds. The van der Waals surface area contributed by atoms with Gasteiger partial charge < -0.3 is 10.2 Å². The summed E-state index contributed by atoms with van der Waals surface area (Å²) in [4.78, 5) is 26.3. The highest BCUT2D eigenvalue weighted by atomic mass is 19.1. The lowest BCUT2D eigenvalue weighted by Crippen LogP contribution is -2.43. The summed E-state index contributed by atoms with van der Waals surface area (Å²) >= 11 is 0. The van der Waals surface area contributed by atoms with Gasteiger partial charge in [-0.05, 0) is 43.7 Å². The number of halogens is 2. The molecule has 0 atom stereocenters. The molecular weight excluding hydrogens is 350 g/mol. The Balaban J connectivity index is 1.39. The molecule has 3 rings (SSSR count). The van der Waals surface area contributed by atoms with Crippen LogP contribution in [0, 0.1) is 23.5 Å². The Morgan fingerprint density at radius 3 is 2.44 bits per heavy atom. The lowest BCUT2D eigenvalue weighted by Gasteiger charge is -2.31. The molecule has 0 bridgehead atoms. The van der Waals surface area contributed by atoms with Crippen molar-refractivity contribution in [3.8, 4) is 0 Å². The van der Waals surface area contributed by atoms with Gasteiger partial charge in [0.1, 0.15) is 11.6 Å². The third-order valence-electron chi connectivity index (χ3n) is 5.88. The number of benzene rings is 1. The van der Waals surface area contributed by atoms with Crippen LogP contribution in [0.2, 0.25) is 0 Å². The molecule has 27 heavy (non-hydrogen) atoms. The number of hydrogen-bond acceptors (Lipinski definition) is 2. The van der Waals surface area contributed by atoms with Crippen molar-refractivity contribution >= 4 is 11.8 Å². The Kier molecular flexibility index (Phi) is 6.80. The van der Waals surface area contributed by atoms with Gasteiger partial charge in [0.15, 0.2) is 0 Å². The summed E-state index contributed by atoms with van der Waals surface area (Å²) in [5, 5.41) is 3.02. The minimum absolute atomic E-state index is 0.0569. The minimum Gasteiger partial charge on any atom is -0.356 e. The number of hydrogen-bond donors (Lipinski definition) is 1. The van der Waals surface area contributed by atoms with Crippen molar-refractivity contribution in [2.75, 3.05) is 19.6 Å². The van der Waals surface area contributed by atoms with E-state index in [1.165, 1.54) is 38.2 Å². The monoisotopic (exact) mass is 378 g/mol. The molecule has 1 aliphatic carbocycles. The molecule has 2 fully saturated rings. The molecule has 148 valence electrons. The zero-order chi connectivity index (χ0) is 19.2. The summed E-state index contributed by atoms with van der Waals surface area (Å²) in [5.41, 5.74) is -0.119. The highest BCUT2D eigenvalue weighted by Crippen LogP contribution is 2.28. The molecule has 1 saturated heterocycles. The van der Waals surface area contributed by atoms with E-state index < -0.39 is 17.5 Å². The largest absolute Gasteiger partial charge is 0.356 e. The van der Waals surface area contributed by atoms with Gasteiger partial charge in [0, 0.05) is 31.6 Å². The molecule has 1 saturated carbocycles. The molecule has 4 nitrogen and oxygen atoms in total. The van der Waals surface area contributed by atoms with E-state index in [1.54, 1.807) is 4.90 Å². The molecule has 0 spiro atoms. The highest BCUT2D eigenvalue weighted by molar-refractivity contribution is 5.94. The molecule has 0 unspecified atom stereocenters. The molecule has 1 N–H and O–H groups in total. The van der Waals surface area contributed by atoms with Gasteiger partial charge in [-0.1, -0.05) is 25.7 Å². The van der Waals surface area contributed by atoms with Gasteiger partial charge in [-0.2, -0.15) is 0 Å². The first-order chi connectivity index (χ1) is 13.0. The van der Waals surface area contributed by atoms with Crippen molar-refractivity contribution in [3.63, 3.8) is 0 Å². The summed E-state index contributed by atoms with van der Waals surface area (Å²) in [6.07, 6.45) is 8.70. The summed E-state index contributed by atoms with van der Waals surface area (Å²) in [6.45, 7) is 1.54. The van der Waals surface area contributed by atoms with E-state index >= 15 is 0 Å². The SMILES string of the molecule is O=C(NCCCC1CCCC1)C1CCN(C(=O)c2ccc(F)cc2F)CC1. The lowest BCUT2D eigenvalue weighted by molar-refractivity contribution is -0.126. The first kappa shape index (κ1) is 19.8. The fourth-order valence-electron chi connectivity index (χ4n) is 4.22. The molecule has 1 aromatic carbocycles. The predicted molar refractivity (Wildman–Crippen MR) is 99.2 cm³/mol. The lowest BCUT2D eigenvalue weighted by atomic mass is 9.95. The minimum atomic E-state index is -0.845. The molecule has 1 heterocycles. The Hall–Kier alpha value is -1.98. The number of carbonyl (C=O) groups is 2. The van der Waals surface area contributed by atoms with E-state index in [1.807, 2.05) is 0 Å². The van der Waals surface area contributed by atoms with Crippen LogP contribution in [0.4, 0.5) is 8.78 Å². The molecular formula is C21H28F2N2O2. The van der Waals surface area contributed by atoms with Gasteiger partial charge in [0.25, 0.3) is 5.91 Å². The Bertz CT molecular complexity index is 666. The van der Waals surface area contributed by atoms with Gasteiger partial charge in [-0.3, -0.25) is 9.59 Å². The number of rotatable bonds is 6. The molecule has 1 aromatic rings. The first-order valence-corrected chi connectivity index (χ1v) is 10.1. The number of likely N-dealkylation sites (tertiary alicyclic amines) is 1. The fraction of sp³-hybridized carbons (Fsp3) is 0.619. The van der Waals surface area contributed by atoms with Crippen molar-refractivity contribution in [2.45, 2.75) is 51.4 Å². The Morgan fingerprint density at radius 2 is 1.78 bits per heavy atom. The van der Waals surface area contributed by atoms with Crippen molar-refractivity contribution in [3.05, 3.63) is 35.4 Å². The van der Waals surface area contributed by atoms with Crippen LogP contribution in [0.15, 0.2) is 18.2 Å². The van der Waals surface area contributed by atoms with E-state index in [0.717, 1.165) is 31.0 Å². The number of amides is 2. The van der Waals surface area contributed by atoms with Gasteiger partial charge in [-0.25, -0.2) is 8.78 Å². The molecule has 0 radical (unpaired) electrons. The molecule has 0 aromatic heterocycles. The summed E-state index contributed by atoms with van der Waals surface area (Å²) in [6, 6.07) is 2.98. The Labute approximate surface area is 159 Å². The number of piperidine rings is 1. The zero-order valence-electron chi connectivity index (χ0n) is 15.7. The molecule has 2 aliphatic rings. The maximum absolute atomic E-state index is 13.8. The second-order valence-electron chi connectivity index (χ2n) is 7.77. The van der Waals surface area contributed by atoms with Crippen LogP contribution in [0.3, 0.4) is 0 Å². The summed E-state index contributed by atoms with van der Waals surface area (Å²) in [5.74, 6) is -1.19. The molecule has 6 heteroatoms. The third kappa shape index (κ3) is 5.27. The van der Waals surface area contributed by atoms with E-state index in [0.29, 0.717) is 25.9 Å². The van der Waals surface area contributed by atoms with Crippen molar-refractivity contribution < 1.29 is 18.4 Å². The van der Waals surface area contributed by atoms with Gasteiger partial charge in [-0.15, -0.1) is 0 Å². The van der Waals surface area contributed by atoms with Crippen LogP contribution in [-0.4, -0.2) is 36.3 Å². The number of nitrogens with zero attached hydrogens (tertiary/aromatic N) is 1. The summed E-state index contributed by atoms with van der Waals surface area (Å²) < 4.78 is 26.8. The fourth-order valence-corrected chi connectivity index (χ4v) is 4.22. The number of carbonyl (C=O) groups excluding carboxylic acids is 2. The topological polar surface area (TPSA) is 49.4 Å². The first-order valence-electron chi connectivity index (χ1n) is 10.1. The normalized spacial score (nSPS) is 18.7. The van der Waals surface area contributed by atoms with Crippen LogP contribution < -0.4 is 5.32 Å². The second-order valence-corrected chi connectivity index (χ2v) is 7.77. The zero-order valence-corrected chi connectivity index (χ0v) is 15.7. The molecule has 1 aliphatic heterocycles. The van der Waals surface area contributed by atoms with Gasteiger partial charge in [0.2, 0.25) is 5.91 Å². The maximum atomic E-state index is 13.8. The summed E-state index contributed by atoms with van der Waals surface area (Å²) in [7, 11) is 0. The van der Waals surface area contributed by atoms with E-state index in [4.69, 9.17) is 0 Å². The smallest absolute Gasteiger partial charge is 0.256 e. The predicted octanol–water partition coefficient (Wildman–Crippen LogP) is 3.90. The Morgan fingerprint density at radius 1 is 1.07 bits per heavy atom.